The molecule has 0 spiro atoms. The second-order valence-electron chi connectivity index (χ2n) is 13.6. The molecule has 0 saturated carbocycles. The summed E-state index contributed by atoms with van der Waals surface area (Å²) in [7, 11) is 0. The molecule has 0 rings (SSSR count). The standard InChI is InChI=1S/2C6H13O.4C4H2F7.O.2Sn/c2*1-2-3-4-5-6-7;4*1-2(5,6)3(7,8)4(9,10)11;;;/h2*2-6H2,1H3;4*1H2;;;/q2*-1;;;;;;2*+1. The van der Waals surface area contributed by atoms with Crippen molar-refractivity contribution in [2.24, 2.45) is 0 Å². The van der Waals surface area contributed by atoms with Crippen LogP contribution < -0.4 is 0 Å². The molecule has 0 aliphatic rings. The molecule has 0 aromatic heterocycles. The van der Waals surface area contributed by atoms with E-state index in [0.29, 0.717) is 0 Å². The van der Waals surface area contributed by atoms with E-state index in [0.717, 1.165) is 0 Å². The van der Waals surface area contributed by atoms with E-state index in [1.165, 1.54) is 13.8 Å². The van der Waals surface area contributed by atoms with Crippen molar-refractivity contribution in [3.63, 3.8) is 0 Å². The van der Waals surface area contributed by atoms with Crippen LogP contribution in [0.3, 0.4) is 0 Å². The molecule has 61 heavy (non-hydrogen) atoms. The molecule has 3 nitrogen and oxygen atoms in total. The van der Waals surface area contributed by atoms with E-state index in [1.807, 2.05) is 0 Å². The molecule has 0 saturated heterocycles. The second-order valence-corrected chi connectivity index (χ2v) is 34.1. The summed E-state index contributed by atoms with van der Waals surface area (Å²) in [6.45, 7) is -1.25. The fourth-order valence-electron chi connectivity index (χ4n) is 5.07. The molecule has 0 aromatic carbocycles. The molecular formula is C28H34F28O3Sn2. The Morgan fingerprint density at radius 3 is 0.656 bits per heavy atom. The first-order valence-corrected chi connectivity index (χ1v) is 29.7. The van der Waals surface area contributed by atoms with E-state index in [9.17, 15) is 87.8 Å². The van der Waals surface area contributed by atoms with Crippen LogP contribution in [0.25, 0.3) is 0 Å². The van der Waals surface area contributed by atoms with Gasteiger partial charge in [-0.1, -0.05) is 0 Å². The number of halogens is 28. The van der Waals surface area contributed by atoms with Crippen LogP contribution in [0.15, 0.2) is 0 Å². The second kappa shape index (κ2) is 20.2. The maximum atomic E-state index is 15.2. The van der Waals surface area contributed by atoms with Crippen LogP contribution in [0.2, 0.25) is 17.7 Å². The van der Waals surface area contributed by atoms with Crippen molar-refractivity contribution in [1.29, 1.82) is 0 Å². The summed E-state index contributed by atoms with van der Waals surface area (Å²) in [6.07, 6.45) is -34.0. The summed E-state index contributed by atoms with van der Waals surface area (Å²) < 4.78 is 390. The van der Waals surface area contributed by atoms with Crippen LogP contribution in [-0.2, 0) is 7.56 Å². The van der Waals surface area contributed by atoms with Gasteiger partial charge >= 0.3 is 337 Å². The third-order valence-electron chi connectivity index (χ3n) is 8.32. The molecule has 0 aliphatic heterocycles. The van der Waals surface area contributed by atoms with Crippen LogP contribution in [0.5, 0.6) is 0 Å². The average molecular weight is 1190 g/mol. The molecule has 0 N–H and O–H groups in total. The van der Waals surface area contributed by atoms with Crippen molar-refractivity contribution in [3.8, 4) is 0 Å². The number of alkyl halides is 28. The number of hydrogen-bond donors (Lipinski definition) is 0. The summed E-state index contributed by atoms with van der Waals surface area (Å²) in [5, 5.41) is 0. The predicted octanol–water partition coefficient (Wildman–Crippen LogP) is 14.4. The molecule has 0 amide bonds. The van der Waals surface area contributed by atoms with Gasteiger partial charge in [0, 0.05) is 0 Å². The Bertz CT molecular complexity index is 1180. The molecule has 0 unspecified atom stereocenters. The van der Waals surface area contributed by atoms with Crippen molar-refractivity contribution in [2.75, 3.05) is 13.2 Å². The van der Waals surface area contributed by atoms with Crippen molar-refractivity contribution >= 4 is 38.4 Å². The molecular weight excluding hydrogens is 1150 g/mol. The van der Waals surface area contributed by atoms with E-state index in [-0.39, 0.29) is 25.7 Å². The van der Waals surface area contributed by atoms with Gasteiger partial charge in [-0.25, -0.2) is 0 Å². The molecule has 0 fully saturated rings. The summed E-state index contributed by atoms with van der Waals surface area (Å²) in [5.41, 5.74) is 0. The molecule has 368 valence electrons. The van der Waals surface area contributed by atoms with Gasteiger partial charge in [0.25, 0.3) is 0 Å². The minimum atomic E-state index is -9.52. The monoisotopic (exact) mass is 1190 g/mol. The molecule has 0 heterocycles. The van der Waals surface area contributed by atoms with Crippen LogP contribution in [0.4, 0.5) is 123 Å². The molecule has 0 radical (unpaired) electrons. The van der Waals surface area contributed by atoms with Gasteiger partial charge in [0.05, 0.1) is 0 Å². The average Bonchev–Trinajstić information content (AvgIpc) is 3.01. The van der Waals surface area contributed by atoms with Gasteiger partial charge in [-0.15, -0.1) is 0 Å². The zero-order chi connectivity index (χ0) is 49.0. The SMILES string of the molecule is CCCCCC[O][Sn]([CH2]C(F)(F)C(F)(F)C(F)(F)F)([CH2]C(F)(F)C(F)(F)C(F)(F)F)[O][Sn]([CH2]C(F)(F)C(F)(F)C(F)(F)F)([CH2]C(F)(F)C(F)(F)C(F)(F)F)[O]CCCCCC. The summed E-state index contributed by atoms with van der Waals surface area (Å²) in [6, 6.07) is 0. The Balaban J connectivity index is 9.04. The zero-order valence-corrected chi connectivity index (χ0v) is 36.4. The van der Waals surface area contributed by atoms with E-state index in [2.05, 4.69) is 7.56 Å². The first kappa shape index (κ1) is 60.5. The van der Waals surface area contributed by atoms with E-state index < -0.39 is 167 Å². The van der Waals surface area contributed by atoms with Gasteiger partial charge < -0.3 is 0 Å². The summed E-state index contributed by atoms with van der Waals surface area (Å²) >= 11 is -19.0. The normalized spacial score (nSPS) is 15.8. The quantitative estimate of drug-likeness (QED) is 0.0491. The third-order valence-corrected chi connectivity index (χ3v) is 40.1. The topological polar surface area (TPSA) is 27.7 Å². The maximum absolute atomic E-state index is 15.2. The summed E-state index contributed by atoms with van der Waals surface area (Å²) in [5.74, 6) is -60.7. The Hall–Kier alpha value is -0.483. The molecule has 33 heteroatoms. The van der Waals surface area contributed by atoms with Crippen LogP contribution in [0.1, 0.15) is 65.2 Å². The van der Waals surface area contributed by atoms with Crippen LogP contribution >= 0.6 is 0 Å². The molecule has 0 bridgehead atoms. The Kier molecular flexibility index (Phi) is 20.0. The fourth-order valence-corrected chi connectivity index (χ4v) is 44.0. The van der Waals surface area contributed by atoms with Gasteiger partial charge in [-0.3, -0.25) is 0 Å². The minimum absolute atomic E-state index is 0.0487. The van der Waals surface area contributed by atoms with E-state index in [4.69, 9.17) is 0 Å². The Morgan fingerprint density at radius 2 is 0.492 bits per heavy atom. The van der Waals surface area contributed by atoms with Gasteiger partial charge in [0.15, 0.2) is 0 Å². The summed E-state index contributed by atoms with van der Waals surface area (Å²) in [4.78, 5) is 0. The number of hydrogen-bond acceptors (Lipinski definition) is 3. The van der Waals surface area contributed by atoms with Crippen LogP contribution in [0, 0.1) is 0 Å². The Labute approximate surface area is 336 Å². The Morgan fingerprint density at radius 1 is 0.295 bits per heavy atom. The zero-order valence-electron chi connectivity index (χ0n) is 30.7. The van der Waals surface area contributed by atoms with Crippen molar-refractivity contribution < 1.29 is 130 Å². The van der Waals surface area contributed by atoms with E-state index >= 15 is 35.1 Å². The fraction of sp³-hybridized carbons (Fsp3) is 1.00. The van der Waals surface area contributed by atoms with Gasteiger partial charge in [0.1, 0.15) is 0 Å². The van der Waals surface area contributed by atoms with Crippen molar-refractivity contribution in [1.82, 2.24) is 0 Å². The first-order chi connectivity index (χ1) is 26.7. The number of unbranched alkanes of at least 4 members (excludes halogenated alkanes) is 6. The predicted molar refractivity (Wildman–Crippen MR) is 156 cm³/mol. The van der Waals surface area contributed by atoms with Crippen molar-refractivity contribution in [3.05, 3.63) is 0 Å². The van der Waals surface area contributed by atoms with E-state index in [1.54, 1.807) is 0 Å². The van der Waals surface area contributed by atoms with Gasteiger partial charge in [-0.05, 0) is 0 Å². The molecule has 0 aromatic rings. The molecule has 0 aliphatic carbocycles. The van der Waals surface area contributed by atoms with Gasteiger partial charge in [-0.2, -0.15) is 0 Å². The number of rotatable bonds is 26. The van der Waals surface area contributed by atoms with Crippen LogP contribution in [-0.4, -0.2) is 124 Å². The molecule has 0 atom stereocenters. The van der Waals surface area contributed by atoms with Gasteiger partial charge in [0.2, 0.25) is 0 Å². The third kappa shape index (κ3) is 14.3. The first-order valence-electron chi connectivity index (χ1n) is 16.9. The van der Waals surface area contributed by atoms with Crippen molar-refractivity contribution in [2.45, 2.75) is 155 Å².